The molecule has 0 saturated carbocycles. The Labute approximate surface area is 132 Å². The maximum absolute atomic E-state index is 11.6. The molecule has 122 valence electrons. The summed E-state index contributed by atoms with van der Waals surface area (Å²) in [5, 5.41) is 9.09. The molecule has 0 atom stereocenters. The van der Waals surface area contributed by atoms with E-state index in [1.165, 1.54) is 5.56 Å². The Kier molecular flexibility index (Phi) is 9.45. The Morgan fingerprint density at radius 3 is 2.59 bits per heavy atom. The summed E-state index contributed by atoms with van der Waals surface area (Å²) >= 11 is 0. The minimum Gasteiger partial charge on any atom is -0.383 e. The number of nitrogens with zero attached hydrogens (tertiary/aromatic N) is 1. The largest absolute Gasteiger partial charge is 0.383 e. The molecule has 0 heterocycles. The third-order valence-corrected chi connectivity index (χ3v) is 2.90. The van der Waals surface area contributed by atoms with E-state index in [2.05, 4.69) is 33.1 Å². The van der Waals surface area contributed by atoms with Gasteiger partial charge in [0, 0.05) is 26.7 Å². The Morgan fingerprint density at radius 2 is 1.91 bits per heavy atom. The standard InChI is InChI=1S/C16H26N4O2/c1-3-17-16(20-13-15(21)18-11-12-22-2)19-10-9-14-7-5-4-6-8-14/h4-8H,3,9-13H2,1-2H3,(H,18,21)(H2,17,19,20). The van der Waals surface area contributed by atoms with Crippen LogP contribution in [0.3, 0.4) is 0 Å². The Hall–Kier alpha value is -2.08. The number of guanidine groups is 1. The van der Waals surface area contributed by atoms with Crippen molar-refractivity contribution in [2.45, 2.75) is 13.3 Å². The number of rotatable bonds is 9. The van der Waals surface area contributed by atoms with E-state index in [4.69, 9.17) is 4.74 Å². The van der Waals surface area contributed by atoms with Gasteiger partial charge >= 0.3 is 0 Å². The number of hydrogen-bond donors (Lipinski definition) is 3. The molecule has 0 bridgehead atoms. The first-order valence-corrected chi connectivity index (χ1v) is 7.58. The molecule has 1 aromatic carbocycles. The van der Waals surface area contributed by atoms with Gasteiger partial charge in [-0.1, -0.05) is 30.3 Å². The van der Waals surface area contributed by atoms with Gasteiger partial charge in [0.2, 0.25) is 5.91 Å². The maximum atomic E-state index is 11.6. The van der Waals surface area contributed by atoms with Crippen LogP contribution in [0.15, 0.2) is 35.3 Å². The highest BCUT2D eigenvalue weighted by molar-refractivity contribution is 5.84. The molecule has 0 aliphatic rings. The molecule has 0 fully saturated rings. The van der Waals surface area contributed by atoms with Gasteiger partial charge in [0.05, 0.1) is 6.61 Å². The maximum Gasteiger partial charge on any atom is 0.241 e. The van der Waals surface area contributed by atoms with Gasteiger partial charge in [-0.3, -0.25) is 4.79 Å². The third kappa shape index (κ3) is 8.26. The number of benzene rings is 1. The van der Waals surface area contributed by atoms with Crippen LogP contribution in [0.2, 0.25) is 0 Å². The van der Waals surface area contributed by atoms with Gasteiger partial charge in [-0.25, -0.2) is 4.99 Å². The van der Waals surface area contributed by atoms with E-state index in [0.717, 1.165) is 19.5 Å². The van der Waals surface area contributed by atoms with Gasteiger partial charge < -0.3 is 20.7 Å². The van der Waals surface area contributed by atoms with Crippen LogP contribution >= 0.6 is 0 Å². The summed E-state index contributed by atoms with van der Waals surface area (Å²) in [6.45, 7) is 4.62. The summed E-state index contributed by atoms with van der Waals surface area (Å²) in [7, 11) is 1.60. The number of carbonyl (C=O) groups excluding carboxylic acids is 1. The van der Waals surface area contributed by atoms with Gasteiger partial charge in [-0.2, -0.15) is 0 Å². The van der Waals surface area contributed by atoms with E-state index in [1.807, 2.05) is 25.1 Å². The molecule has 22 heavy (non-hydrogen) atoms. The molecule has 1 aromatic rings. The number of amides is 1. The van der Waals surface area contributed by atoms with Crippen molar-refractivity contribution >= 4 is 11.9 Å². The second-order valence-corrected chi connectivity index (χ2v) is 4.70. The number of ether oxygens (including phenoxy) is 1. The highest BCUT2D eigenvalue weighted by atomic mass is 16.5. The van der Waals surface area contributed by atoms with Crippen LogP contribution < -0.4 is 16.0 Å². The summed E-state index contributed by atoms with van der Waals surface area (Å²) in [5.74, 6) is 0.539. The van der Waals surface area contributed by atoms with Crippen LogP contribution in [0, 0.1) is 0 Å². The number of hydrogen-bond acceptors (Lipinski definition) is 3. The molecule has 6 nitrogen and oxygen atoms in total. The summed E-state index contributed by atoms with van der Waals surface area (Å²) in [6, 6.07) is 10.2. The molecule has 1 rings (SSSR count). The molecule has 6 heteroatoms. The SMILES string of the molecule is CCNC(=NCC(=O)NCCOC)NCCc1ccccc1. The van der Waals surface area contributed by atoms with Crippen LogP contribution in [-0.2, 0) is 16.0 Å². The van der Waals surface area contributed by atoms with E-state index < -0.39 is 0 Å². The second-order valence-electron chi connectivity index (χ2n) is 4.70. The fraction of sp³-hybridized carbons (Fsp3) is 0.500. The monoisotopic (exact) mass is 306 g/mol. The lowest BCUT2D eigenvalue weighted by atomic mass is 10.1. The molecule has 1 amide bonds. The van der Waals surface area contributed by atoms with Gasteiger partial charge in [0.25, 0.3) is 0 Å². The van der Waals surface area contributed by atoms with Crippen molar-refractivity contribution in [3.8, 4) is 0 Å². The average Bonchev–Trinajstić information content (AvgIpc) is 2.54. The van der Waals surface area contributed by atoms with E-state index >= 15 is 0 Å². The van der Waals surface area contributed by atoms with Crippen molar-refractivity contribution < 1.29 is 9.53 Å². The molecule has 0 aromatic heterocycles. The Bertz CT molecular complexity index is 449. The van der Waals surface area contributed by atoms with E-state index in [9.17, 15) is 4.79 Å². The van der Waals surface area contributed by atoms with Crippen molar-refractivity contribution in [2.24, 2.45) is 4.99 Å². The summed E-state index contributed by atoms with van der Waals surface area (Å²) in [6.07, 6.45) is 0.908. The van der Waals surface area contributed by atoms with Gasteiger partial charge in [0.15, 0.2) is 5.96 Å². The first-order valence-electron chi connectivity index (χ1n) is 7.58. The van der Waals surface area contributed by atoms with Gasteiger partial charge in [-0.15, -0.1) is 0 Å². The molecule has 0 aliphatic heterocycles. The molecular weight excluding hydrogens is 280 g/mol. The number of carbonyl (C=O) groups is 1. The smallest absolute Gasteiger partial charge is 0.241 e. The average molecular weight is 306 g/mol. The minimum absolute atomic E-state index is 0.102. The normalized spacial score (nSPS) is 11.1. The Balaban J connectivity index is 2.33. The number of nitrogens with one attached hydrogen (secondary N) is 3. The Morgan fingerprint density at radius 1 is 1.14 bits per heavy atom. The number of methoxy groups -OCH3 is 1. The quantitative estimate of drug-likeness (QED) is 0.354. The minimum atomic E-state index is -0.114. The lowest BCUT2D eigenvalue weighted by Gasteiger charge is -2.11. The van der Waals surface area contributed by atoms with Gasteiger partial charge in [-0.05, 0) is 18.9 Å². The van der Waals surface area contributed by atoms with E-state index in [1.54, 1.807) is 7.11 Å². The molecule has 0 radical (unpaired) electrons. The molecule has 0 unspecified atom stereocenters. The van der Waals surface area contributed by atoms with Gasteiger partial charge in [0.1, 0.15) is 6.54 Å². The number of aliphatic imine (C=N–C) groups is 1. The molecule has 0 spiro atoms. The zero-order valence-corrected chi connectivity index (χ0v) is 13.4. The van der Waals surface area contributed by atoms with Crippen molar-refractivity contribution in [3.05, 3.63) is 35.9 Å². The fourth-order valence-electron chi connectivity index (χ4n) is 1.81. The second kappa shape index (κ2) is 11.6. The van der Waals surface area contributed by atoms with Crippen molar-refractivity contribution in [3.63, 3.8) is 0 Å². The molecule has 0 aliphatic carbocycles. The zero-order chi connectivity index (χ0) is 16.0. The first-order chi connectivity index (χ1) is 10.8. The van der Waals surface area contributed by atoms with E-state index in [0.29, 0.717) is 19.1 Å². The van der Waals surface area contributed by atoms with E-state index in [-0.39, 0.29) is 12.5 Å². The van der Waals surface area contributed by atoms with Crippen LogP contribution in [0.5, 0.6) is 0 Å². The fourth-order valence-corrected chi connectivity index (χ4v) is 1.81. The highest BCUT2D eigenvalue weighted by Crippen LogP contribution is 1.97. The van der Waals surface area contributed by atoms with Crippen LogP contribution in [0.4, 0.5) is 0 Å². The highest BCUT2D eigenvalue weighted by Gasteiger charge is 2.01. The van der Waals surface area contributed by atoms with Crippen LogP contribution in [-0.4, -0.2) is 51.8 Å². The van der Waals surface area contributed by atoms with Crippen molar-refractivity contribution in [1.29, 1.82) is 0 Å². The van der Waals surface area contributed by atoms with Crippen LogP contribution in [0.1, 0.15) is 12.5 Å². The molecular formula is C16H26N4O2. The predicted molar refractivity (Wildman–Crippen MR) is 89.0 cm³/mol. The zero-order valence-electron chi connectivity index (χ0n) is 13.4. The first kappa shape index (κ1) is 18.0. The van der Waals surface area contributed by atoms with Crippen molar-refractivity contribution in [1.82, 2.24) is 16.0 Å². The lowest BCUT2D eigenvalue weighted by molar-refractivity contribution is -0.119. The van der Waals surface area contributed by atoms with Crippen molar-refractivity contribution in [2.75, 3.05) is 39.9 Å². The predicted octanol–water partition coefficient (Wildman–Crippen LogP) is 0.547. The molecule has 3 N–H and O–H groups in total. The summed E-state index contributed by atoms with van der Waals surface area (Å²) in [4.78, 5) is 15.9. The summed E-state index contributed by atoms with van der Waals surface area (Å²) in [5.41, 5.74) is 1.27. The van der Waals surface area contributed by atoms with Crippen LogP contribution in [0.25, 0.3) is 0 Å². The lowest BCUT2D eigenvalue weighted by Crippen LogP contribution is -2.39. The topological polar surface area (TPSA) is 74.8 Å². The third-order valence-electron chi connectivity index (χ3n) is 2.90. The summed E-state index contributed by atoms with van der Waals surface area (Å²) < 4.78 is 4.88. The molecule has 0 saturated heterocycles.